The van der Waals surface area contributed by atoms with Gasteiger partial charge in [0.1, 0.15) is 0 Å². The summed E-state index contributed by atoms with van der Waals surface area (Å²) in [5, 5.41) is 9.16. The molecular weight excluding hydrogens is 249 g/mol. The van der Waals surface area contributed by atoms with Crippen LogP contribution < -0.4 is 9.47 Å². The predicted octanol–water partition coefficient (Wildman–Crippen LogP) is 2.69. The van der Waals surface area contributed by atoms with Gasteiger partial charge in [0.15, 0.2) is 17.6 Å². The van der Waals surface area contributed by atoms with E-state index in [1.165, 1.54) is 18.2 Å². The fourth-order valence-electron chi connectivity index (χ4n) is 1.63. The molecule has 2 atom stereocenters. The number of hydrogen-bond donors (Lipinski definition) is 1. The SMILES string of the molecule is CC1COc2ccc(C(O)C(F)(F)F)cc2OC1. The molecule has 0 fully saturated rings. The Labute approximate surface area is 102 Å². The van der Waals surface area contributed by atoms with Crippen molar-refractivity contribution in [3.63, 3.8) is 0 Å². The number of ether oxygens (including phenoxy) is 2. The van der Waals surface area contributed by atoms with Gasteiger partial charge in [-0.15, -0.1) is 0 Å². The Morgan fingerprint density at radius 2 is 1.83 bits per heavy atom. The maximum Gasteiger partial charge on any atom is 0.418 e. The van der Waals surface area contributed by atoms with Crippen molar-refractivity contribution in [3.8, 4) is 11.5 Å². The first-order chi connectivity index (χ1) is 8.38. The minimum atomic E-state index is -4.69. The van der Waals surface area contributed by atoms with Crippen molar-refractivity contribution in [2.24, 2.45) is 5.92 Å². The molecule has 2 unspecified atom stereocenters. The third-order valence-electron chi connectivity index (χ3n) is 2.64. The molecule has 1 heterocycles. The van der Waals surface area contributed by atoms with Gasteiger partial charge in [-0.05, 0) is 17.7 Å². The molecule has 0 spiro atoms. The van der Waals surface area contributed by atoms with Crippen molar-refractivity contribution >= 4 is 0 Å². The quantitative estimate of drug-likeness (QED) is 0.845. The normalized spacial score (nSPS) is 21.3. The largest absolute Gasteiger partial charge is 0.489 e. The molecule has 18 heavy (non-hydrogen) atoms. The van der Waals surface area contributed by atoms with Crippen LogP contribution in [0.5, 0.6) is 11.5 Å². The van der Waals surface area contributed by atoms with E-state index >= 15 is 0 Å². The second kappa shape index (κ2) is 4.68. The molecule has 0 amide bonds. The third-order valence-corrected chi connectivity index (χ3v) is 2.64. The number of rotatable bonds is 1. The number of halogens is 3. The van der Waals surface area contributed by atoms with Gasteiger partial charge in [-0.1, -0.05) is 13.0 Å². The van der Waals surface area contributed by atoms with E-state index in [-0.39, 0.29) is 17.2 Å². The topological polar surface area (TPSA) is 38.7 Å². The Kier molecular flexibility index (Phi) is 3.38. The molecule has 1 aromatic carbocycles. The molecule has 0 aromatic heterocycles. The molecule has 1 aromatic rings. The minimum Gasteiger partial charge on any atom is -0.489 e. The lowest BCUT2D eigenvalue weighted by atomic mass is 10.1. The fourth-order valence-corrected chi connectivity index (χ4v) is 1.63. The van der Waals surface area contributed by atoms with E-state index < -0.39 is 12.3 Å². The summed E-state index contributed by atoms with van der Waals surface area (Å²) < 4.78 is 47.9. The summed E-state index contributed by atoms with van der Waals surface area (Å²) in [5.41, 5.74) is -0.251. The van der Waals surface area contributed by atoms with Gasteiger partial charge < -0.3 is 14.6 Å². The first kappa shape index (κ1) is 13.0. The van der Waals surface area contributed by atoms with E-state index in [1.807, 2.05) is 6.92 Å². The van der Waals surface area contributed by atoms with Crippen LogP contribution in [-0.2, 0) is 0 Å². The monoisotopic (exact) mass is 262 g/mol. The predicted molar refractivity (Wildman–Crippen MR) is 57.6 cm³/mol. The molecule has 6 heteroatoms. The van der Waals surface area contributed by atoms with Crippen molar-refractivity contribution in [1.29, 1.82) is 0 Å². The highest BCUT2D eigenvalue weighted by atomic mass is 19.4. The van der Waals surface area contributed by atoms with E-state index in [0.29, 0.717) is 19.0 Å². The molecule has 0 saturated heterocycles. The highest BCUT2D eigenvalue weighted by Gasteiger charge is 2.39. The molecule has 0 saturated carbocycles. The Morgan fingerprint density at radius 3 is 2.44 bits per heavy atom. The maximum absolute atomic E-state index is 12.4. The van der Waals surface area contributed by atoms with Gasteiger partial charge in [-0.2, -0.15) is 13.2 Å². The second-order valence-corrected chi connectivity index (χ2v) is 4.38. The van der Waals surface area contributed by atoms with E-state index in [1.54, 1.807) is 0 Å². The Hall–Kier alpha value is -1.43. The fraction of sp³-hybridized carbons (Fsp3) is 0.500. The van der Waals surface area contributed by atoms with Gasteiger partial charge in [-0.3, -0.25) is 0 Å². The molecule has 0 aliphatic carbocycles. The van der Waals surface area contributed by atoms with Gasteiger partial charge in [-0.25, -0.2) is 0 Å². The van der Waals surface area contributed by atoms with Crippen LogP contribution in [0.2, 0.25) is 0 Å². The summed E-state index contributed by atoms with van der Waals surface area (Å²) in [6.45, 7) is 2.74. The van der Waals surface area contributed by atoms with Crippen LogP contribution in [0.3, 0.4) is 0 Å². The average Bonchev–Trinajstić information content (AvgIpc) is 2.49. The lowest BCUT2D eigenvalue weighted by molar-refractivity contribution is -0.206. The van der Waals surface area contributed by atoms with Crippen molar-refractivity contribution < 1.29 is 27.8 Å². The van der Waals surface area contributed by atoms with Crippen LogP contribution >= 0.6 is 0 Å². The van der Waals surface area contributed by atoms with E-state index in [4.69, 9.17) is 14.6 Å². The summed E-state index contributed by atoms with van der Waals surface area (Å²) in [7, 11) is 0. The molecule has 1 N–H and O–H groups in total. The van der Waals surface area contributed by atoms with Crippen molar-refractivity contribution in [3.05, 3.63) is 23.8 Å². The first-order valence-electron chi connectivity index (χ1n) is 5.52. The van der Waals surface area contributed by atoms with Crippen LogP contribution in [0.25, 0.3) is 0 Å². The zero-order valence-electron chi connectivity index (χ0n) is 9.70. The summed E-state index contributed by atoms with van der Waals surface area (Å²) in [6.07, 6.45) is -7.19. The standard InChI is InChI=1S/C12H13F3O3/c1-7-5-17-9-3-2-8(4-10(9)18-6-7)11(16)12(13,14)15/h2-4,7,11,16H,5-6H2,1H3. The van der Waals surface area contributed by atoms with E-state index in [0.717, 1.165) is 0 Å². The van der Waals surface area contributed by atoms with Crippen molar-refractivity contribution in [2.45, 2.75) is 19.2 Å². The highest BCUT2D eigenvalue weighted by Crippen LogP contribution is 2.38. The number of alkyl halides is 3. The zero-order chi connectivity index (χ0) is 13.3. The van der Waals surface area contributed by atoms with Crippen LogP contribution in [-0.4, -0.2) is 24.5 Å². The Bertz CT molecular complexity index is 431. The lowest BCUT2D eigenvalue weighted by Crippen LogP contribution is -2.20. The average molecular weight is 262 g/mol. The summed E-state index contributed by atoms with van der Waals surface area (Å²) in [5.74, 6) is 0.797. The molecule has 0 bridgehead atoms. The number of benzene rings is 1. The summed E-state index contributed by atoms with van der Waals surface area (Å²) in [6, 6.07) is 3.75. The summed E-state index contributed by atoms with van der Waals surface area (Å²) >= 11 is 0. The highest BCUT2D eigenvalue weighted by molar-refractivity contribution is 5.44. The smallest absolute Gasteiger partial charge is 0.418 e. The van der Waals surface area contributed by atoms with E-state index in [9.17, 15) is 13.2 Å². The number of aliphatic hydroxyl groups excluding tert-OH is 1. The van der Waals surface area contributed by atoms with Gasteiger partial charge in [0.2, 0.25) is 0 Å². The summed E-state index contributed by atoms with van der Waals surface area (Å²) in [4.78, 5) is 0. The van der Waals surface area contributed by atoms with Crippen LogP contribution in [0, 0.1) is 5.92 Å². The number of hydrogen-bond acceptors (Lipinski definition) is 3. The Morgan fingerprint density at radius 1 is 1.22 bits per heavy atom. The van der Waals surface area contributed by atoms with Crippen molar-refractivity contribution in [2.75, 3.05) is 13.2 Å². The van der Waals surface area contributed by atoms with Crippen LogP contribution in [0.4, 0.5) is 13.2 Å². The Balaban J connectivity index is 2.27. The van der Waals surface area contributed by atoms with Gasteiger partial charge in [0, 0.05) is 5.92 Å². The van der Waals surface area contributed by atoms with Gasteiger partial charge in [0.25, 0.3) is 0 Å². The van der Waals surface area contributed by atoms with Crippen molar-refractivity contribution in [1.82, 2.24) is 0 Å². The first-order valence-corrected chi connectivity index (χ1v) is 5.52. The van der Waals surface area contributed by atoms with Crippen LogP contribution in [0.15, 0.2) is 18.2 Å². The van der Waals surface area contributed by atoms with Gasteiger partial charge >= 0.3 is 6.18 Å². The third kappa shape index (κ3) is 2.69. The second-order valence-electron chi connectivity index (χ2n) is 4.38. The molecule has 100 valence electrons. The number of fused-ring (bicyclic) bond motifs is 1. The molecule has 0 radical (unpaired) electrons. The molecular formula is C12H13F3O3. The van der Waals surface area contributed by atoms with Crippen LogP contribution in [0.1, 0.15) is 18.6 Å². The minimum absolute atomic E-state index is 0.161. The lowest BCUT2D eigenvalue weighted by Gasteiger charge is -2.16. The molecule has 2 rings (SSSR count). The molecule has 1 aliphatic rings. The zero-order valence-corrected chi connectivity index (χ0v) is 9.70. The number of aliphatic hydroxyl groups is 1. The molecule has 3 nitrogen and oxygen atoms in total. The van der Waals surface area contributed by atoms with Gasteiger partial charge in [0.05, 0.1) is 13.2 Å². The van der Waals surface area contributed by atoms with E-state index in [2.05, 4.69) is 0 Å². The maximum atomic E-state index is 12.4. The molecule has 1 aliphatic heterocycles.